The molecule has 0 saturated carbocycles. The third kappa shape index (κ3) is 4.63. The molecule has 0 aliphatic heterocycles. The van der Waals surface area contributed by atoms with Crippen LogP contribution in [-0.4, -0.2) is 22.2 Å². The van der Waals surface area contributed by atoms with E-state index in [0.29, 0.717) is 6.42 Å². The van der Waals surface area contributed by atoms with E-state index in [1.54, 1.807) is 6.92 Å². The molecule has 0 amide bonds. The van der Waals surface area contributed by atoms with Gasteiger partial charge in [-0.2, -0.15) is 0 Å². The molecule has 0 radical (unpaired) electrons. The predicted octanol–water partition coefficient (Wildman–Crippen LogP) is 2.44. The third-order valence-corrected chi connectivity index (χ3v) is 2.26. The molecule has 86 valence electrons. The summed E-state index contributed by atoms with van der Waals surface area (Å²) in [6, 6.07) is 0. The quantitative estimate of drug-likeness (QED) is 0.504. The van der Waals surface area contributed by atoms with Gasteiger partial charge in [0, 0.05) is 11.1 Å². The molecule has 0 aromatic carbocycles. The van der Waals surface area contributed by atoms with Crippen LogP contribution in [0.4, 0.5) is 0 Å². The van der Waals surface area contributed by atoms with E-state index in [4.69, 9.17) is 10.2 Å². The molecule has 0 aromatic rings. The van der Waals surface area contributed by atoms with Gasteiger partial charge >= 0.3 is 11.9 Å². The molecule has 0 spiro atoms. The van der Waals surface area contributed by atoms with Crippen LogP contribution in [0.15, 0.2) is 11.1 Å². The fourth-order valence-electron chi connectivity index (χ4n) is 1.43. The number of rotatable bonds is 7. The highest BCUT2D eigenvalue weighted by Crippen LogP contribution is 2.16. The minimum Gasteiger partial charge on any atom is -0.478 e. The molecule has 0 aromatic heterocycles. The molecule has 4 nitrogen and oxygen atoms in total. The molecular weight excluding hydrogens is 196 g/mol. The Hall–Kier alpha value is -1.32. The first-order valence-corrected chi connectivity index (χ1v) is 5.23. The molecular formula is C11H18O4. The fraction of sp³-hybridized carbons (Fsp3) is 0.636. The molecule has 0 fully saturated rings. The zero-order valence-corrected chi connectivity index (χ0v) is 9.25. The number of hydrogen-bond donors (Lipinski definition) is 2. The van der Waals surface area contributed by atoms with Gasteiger partial charge in [0.25, 0.3) is 0 Å². The van der Waals surface area contributed by atoms with Crippen molar-refractivity contribution in [1.29, 1.82) is 0 Å². The molecule has 0 saturated heterocycles. The Balaban J connectivity index is 4.75. The number of unbranched alkanes of at least 4 members (excludes halogenated alkanes) is 2. The highest BCUT2D eigenvalue weighted by Gasteiger charge is 2.17. The Bertz CT molecular complexity index is 266. The van der Waals surface area contributed by atoms with Crippen molar-refractivity contribution in [3.63, 3.8) is 0 Å². The smallest absolute Gasteiger partial charge is 0.332 e. The normalized spacial score (nSPS) is 12.1. The van der Waals surface area contributed by atoms with E-state index in [2.05, 4.69) is 0 Å². The van der Waals surface area contributed by atoms with E-state index >= 15 is 0 Å². The van der Waals surface area contributed by atoms with Crippen LogP contribution in [0.2, 0.25) is 0 Å². The summed E-state index contributed by atoms with van der Waals surface area (Å²) in [6.07, 6.45) is 3.24. The molecule has 0 aliphatic rings. The average Bonchev–Trinajstić information content (AvgIpc) is 2.16. The Kier molecular flexibility index (Phi) is 6.42. The van der Waals surface area contributed by atoms with E-state index < -0.39 is 11.9 Å². The van der Waals surface area contributed by atoms with Gasteiger partial charge < -0.3 is 10.2 Å². The van der Waals surface area contributed by atoms with Gasteiger partial charge in [0.1, 0.15) is 0 Å². The molecule has 0 unspecified atom stereocenters. The molecule has 2 N–H and O–H groups in total. The lowest BCUT2D eigenvalue weighted by molar-refractivity contribution is -0.136. The van der Waals surface area contributed by atoms with Crippen molar-refractivity contribution in [2.24, 2.45) is 0 Å². The molecule has 0 rings (SSSR count). The number of hydrogen-bond acceptors (Lipinski definition) is 2. The summed E-state index contributed by atoms with van der Waals surface area (Å²) < 4.78 is 0. The van der Waals surface area contributed by atoms with Crippen molar-refractivity contribution in [1.82, 2.24) is 0 Å². The second-order valence-electron chi connectivity index (χ2n) is 3.38. The summed E-state index contributed by atoms with van der Waals surface area (Å²) in [4.78, 5) is 21.7. The predicted molar refractivity (Wildman–Crippen MR) is 56.7 cm³/mol. The number of carboxylic acid groups (broad SMARTS) is 2. The van der Waals surface area contributed by atoms with Gasteiger partial charge in [0.05, 0.1) is 0 Å². The summed E-state index contributed by atoms with van der Waals surface area (Å²) in [6.45, 7) is 3.67. The Morgan fingerprint density at radius 2 is 1.47 bits per heavy atom. The van der Waals surface area contributed by atoms with E-state index in [1.807, 2.05) is 6.92 Å². The first-order valence-electron chi connectivity index (χ1n) is 5.23. The average molecular weight is 214 g/mol. The Labute approximate surface area is 89.6 Å². The van der Waals surface area contributed by atoms with Crippen molar-refractivity contribution in [3.05, 3.63) is 11.1 Å². The first kappa shape index (κ1) is 13.7. The lowest BCUT2D eigenvalue weighted by Gasteiger charge is -2.06. The van der Waals surface area contributed by atoms with Crippen LogP contribution in [0.1, 0.15) is 46.0 Å². The largest absolute Gasteiger partial charge is 0.478 e. The molecule has 0 bridgehead atoms. The van der Waals surface area contributed by atoms with Gasteiger partial charge in [-0.3, -0.25) is 0 Å². The van der Waals surface area contributed by atoms with Crippen LogP contribution in [0.5, 0.6) is 0 Å². The van der Waals surface area contributed by atoms with Gasteiger partial charge in [0.15, 0.2) is 0 Å². The Morgan fingerprint density at radius 1 is 0.933 bits per heavy atom. The van der Waals surface area contributed by atoms with E-state index in [9.17, 15) is 9.59 Å². The van der Waals surface area contributed by atoms with Gasteiger partial charge in [0.2, 0.25) is 0 Å². The minimum atomic E-state index is -1.12. The third-order valence-electron chi connectivity index (χ3n) is 2.26. The van der Waals surface area contributed by atoms with E-state index in [0.717, 1.165) is 19.3 Å². The topological polar surface area (TPSA) is 74.6 Å². The molecule has 0 heterocycles. The van der Waals surface area contributed by atoms with Crippen LogP contribution in [-0.2, 0) is 9.59 Å². The minimum absolute atomic E-state index is 0.0265. The lowest BCUT2D eigenvalue weighted by Crippen LogP contribution is -2.11. The van der Waals surface area contributed by atoms with Crippen LogP contribution in [0.3, 0.4) is 0 Å². The molecule has 0 aliphatic carbocycles. The maximum absolute atomic E-state index is 10.9. The van der Waals surface area contributed by atoms with Gasteiger partial charge in [-0.1, -0.05) is 26.7 Å². The first-order chi connectivity index (χ1) is 7.04. The summed E-state index contributed by atoms with van der Waals surface area (Å²) >= 11 is 0. The zero-order valence-electron chi connectivity index (χ0n) is 9.25. The van der Waals surface area contributed by atoms with Gasteiger partial charge in [-0.05, 0) is 19.3 Å². The Morgan fingerprint density at radius 3 is 1.80 bits per heavy atom. The van der Waals surface area contributed by atoms with Crippen molar-refractivity contribution in [2.45, 2.75) is 46.0 Å². The summed E-state index contributed by atoms with van der Waals surface area (Å²) in [5.74, 6) is -2.23. The molecule has 15 heavy (non-hydrogen) atoms. The van der Waals surface area contributed by atoms with Crippen LogP contribution >= 0.6 is 0 Å². The zero-order chi connectivity index (χ0) is 11.8. The fourth-order valence-corrected chi connectivity index (χ4v) is 1.43. The van der Waals surface area contributed by atoms with Crippen LogP contribution < -0.4 is 0 Å². The number of carboxylic acids is 2. The van der Waals surface area contributed by atoms with Gasteiger partial charge in [-0.15, -0.1) is 0 Å². The monoisotopic (exact) mass is 214 g/mol. The lowest BCUT2D eigenvalue weighted by atomic mass is 10.00. The van der Waals surface area contributed by atoms with Crippen molar-refractivity contribution < 1.29 is 19.8 Å². The van der Waals surface area contributed by atoms with Crippen molar-refractivity contribution in [2.75, 3.05) is 0 Å². The molecule has 4 heteroatoms. The van der Waals surface area contributed by atoms with Crippen molar-refractivity contribution >= 4 is 11.9 Å². The maximum atomic E-state index is 10.9. The van der Waals surface area contributed by atoms with Crippen LogP contribution in [0.25, 0.3) is 0 Å². The summed E-state index contributed by atoms with van der Waals surface area (Å²) in [7, 11) is 0. The molecule has 0 atom stereocenters. The maximum Gasteiger partial charge on any atom is 0.332 e. The number of aliphatic carboxylic acids is 2. The SMILES string of the molecule is CCCCC/C(C(=O)O)=C(\CC)C(=O)O. The second kappa shape index (κ2) is 7.04. The van der Waals surface area contributed by atoms with Crippen molar-refractivity contribution in [3.8, 4) is 0 Å². The van der Waals surface area contributed by atoms with E-state index in [-0.39, 0.29) is 17.6 Å². The summed E-state index contributed by atoms with van der Waals surface area (Å²) in [5.41, 5.74) is 0.0806. The highest BCUT2D eigenvalue weighted by atomic mass is 16.4. The van der Waals surface area contributed by atoms with E-state index in [1.165, 1.54) is 0 Å². The standard InChI is InChI=1S/C11H18O4/c1-3-5-6-7-9(11(14)15)8(4-2)10(12)13/h3-7H2,1-2H3,(H,12,13)(H,14,15)/b9-8-. The van der Waals surface area contributed by atoms with Crippen LogP contribution in [0, 0.1) is 0 Å². The highest BCUT2D eigenvalue weighted by molar-refractivity contribution is 5.98. The number of carbonyl (C=O) groups is 2. The summed E-state index contributed by atoms with van der Waals surface area (Å²) in [5, 5.41) is 17.7. The van der Waals surface area contributed by atoms with Gasteiger partial charge in [-0.25, -0.2) is 9.59 Å². The second-order valence-corrected chi connectivity index (χ2v) is 3.38.